The second kappa shape index (κ2) is 7.55. The quantitative estimate of drug-likeness (QED) is 0.404. The second-order valence-corrected chi connectivity index (χ2v) is 6.28. The molecule has 29 heavy (non-hydrogen) atoms. The maximum absolute atomic E-state index is 13.0. The van der Waals surface area contributed by atoms with Crippen molar-refractivity contribution in [1.29, 1.82) is 0 Å². The predicted octanol–water partition coefficient (Wildman–Crippen LogP) is 3.18. The Hall–Kier alpha value is -4.01. The smallest absolute Gasteiger partial charge is 0.338 e. The molecule has 0 saturated carbocycles. The summed E-state index contributed by atoms with van der Waals surface area (Å²) in [5.74, 6) is -0.107. The van der Waals surface area contributed by atoms with Crippen LogP contribution in [0.1, 0.15) is 24.1 Å². The molecule has 0 saturated heterocycles. The van der Waals surface area contributed by atoms with Crippen molar-refractivity contribution in [3.63, 3.8) is 0 Å². The molecule has 9 heteroatoms. The minimum absolute atomic E-state index is 0.0767. The van der Waals surface area contributed by atoms with E-state index in [1.54, 1.807) is 19.1 Å². The van der Waals surface area contributed by atoms with E-state index in [-0.39, 0.29) is 12.3 Å². The zero-order valence-corrected chi connectivity index (χ0v) is 15.5. The highest BCUT2D eigenvalue weighted by molar-refractivity contribution is 6.02. The topological polar surface area (TPSA) is 112 Å². The molecule has 3 aromatic rings. The summed E-state index contributed by atoms with van der Waals surface area (Å²) < 4.78 is 6.85. The summed E-state index contributed by atoms with van der Waals surface area (Å²) in [6, 6.07) is 14.7. The number of carbonyl (C=O) groups excluding carboxylic acids is 1. The van der Waals surface area contributed by atoms with Crippen molar-refractivity contribution in [3.8, 4) is 0 Å². The number of benzene rings is 2. The Balaban J connectivity index is 1.97. The first-order chi connectivity index (χ1) is 14.1. The number of ether oxygens (including phenoxy) is 1. The molecule has 9 nitrogen and oxygen atoms in total. The number of rotatable bonds is 5. The van der Waals surface area contributed by atoms with Crippen LogP contribution in [0.5, 0.6) is 0 Å². The summed E-state index contributed by atoms with van der Waals surface area (Å²) in [5.41, 5.74) is 2.05. The van der Waals surface area contributed by atoms with Gasteiger partial charge in [0.15, 0.2) is 0 Å². The molecule has 0 radical (unpaired) electrons. The van der Waals surface area contributed by atoms with Gasteiger partial charge >= 0.3 is 5.97 Å². The molecule has 0 fully saturated rings. The zero-order chi connectivity index (χ0) is 20.4. The third-order valence-electron chi connectivity index (χ3n) is 4.55. The first-order valence-corrected chi connectivity index (χ1v) is 8.97. The van der Waals surface area contributed by atoms with Crippen LogP contribution in [0.2, 0.25) is 0 Å². The van der Waals surface area contributed by atoms with E-state index >= 15 is 0 Å². The summed E-state index contributed by atoms with van der Waals surface area (Å²) in [7, 11) is 0. The number of non-ortho nitro benzene ring substituents is 1. The van der Waals surface area contributed by atoms with Crippen LogP contribution in [0.25, 0.3) is 5.70 Å². The fourth-order valence-corrected chi connectivity index (χ4v) is 3.34. The minimum Gasteiger partial charge on any atom is -0.463 e. The Morgan fingerprint density at radius 3 is 2.76 bits per heavy atom. The monoisotopic (exact) mass is 391 g/mol. The molecule has 1 aromatic heterocycles. The summed E-state index contributed by atoms with van der Waals surface area (Å²) in [4.78, 5) is 28.0. The van der Waals surface area contributed by atoms with E-state index < -0.39 is 16.9 Å². The van der Waals surface area contributed by atoms with E-state index in [2.05, 4.69) is 15.4 Å². The maximum Gasteiger partial charge on any atom is 0.338 e. The molecule has 1 aliphatic heterocycles. The lowest BCUT2D eigenvalue weighted by molar-refractivity contribution is -0.384. The third-order valence-corrected chi connectivity index (χ3v) is 4.55. The molecule has 0 bridgehead atoms. The molecular formula is C20H17N5O4. The van der Waals surface area contributed by atoms with Gasteiger partial charge in [0.05, 0.1) is 22.8 Å². The van der Waals surface area contributed by atoms with Crippen LogP contribution in [-0.2, 0) is 9.53 Å². The molecule has 4 rings (SSSR count). The van der Waals surface area contributed by atoms with E-state index in [1.165, 1.54) is 23.1 Å². The second-order valence-electron chi connectivity index (χ2n) is 6.28. The molecule has 2 aromatic carbocycles. The summed E-state index contributed by atoms with van der Waals surface area (Å²) in [6.07, 6.45) is 1.36. The van der Waals surface area contributed by atoms with Gasteiger partial charge in [-0.05, 0) is 18.1 Å². The first-order valence-electron chi connectivity index (χ1n) is 8.97. The third kappa shape index (κ3) is 3.33. The average molecular weight is 391 g/mol. The molecule has 146 valence electrons. The van der Waals surface area contributed by atoms with Gasteiger partial charge in [0, 0.05) is 12.1 Å². The number of nitrogens with one attached hydrogen (secondary N) is 1. The van der Waals surface area contributed by atoms with Crippen LogP contribution in [0.15, 0.2) is 66.5 Å². The van der Waals surface area contributed by atoms with Crippen molar-refractivity contribution >= 4 is 23.3 Å². The van der Waals surface area contributed by atoms with Crippen LogP contribution >= 0.6 is 0 Å². The van der Waals surface area contributed by atoms with E-state index in [9.17, 15) is 14.9 Å². The molecule has 1 aliphatic rings. The van der Waals surface area contributed by atoms with Gasteiger partial charge in [0.25, 0.3) is 5.69 Å². The Labute approximate surface area is 165 Å². The van der Waals surface area contributed by atoms with Crippen molar-refractivity contribution in [3.05, 3.63) is 87.7 Å². The molecule has 0 spiro atoms. The molecule has 0 amide bonds. The lowest BCUT2D eigenvalue weighted by Crippen LogP contribution is -2.30. The van der Waals surface area contributed by atoms with Crippen LogP contribution < -0.4 is 5.32 Å². The van der Waals surface area contributed by atoms with Gasteiger partial charge < -0.3 is 10.1 Å². The highest BCUT2D eigenvalue weighted by atomic mass is 16.6. The summed E-state index contributed by atoms with van der Waals surface area (Å²) in [6.45, 7) is 1.91. The molecule has 0 aliphatic carbocycles. The number of aromatic nitrogens is 3. The molecule has 1 N–H and O–H groups in total. The number of nitro groups is 1. The molecule has 2 heterocycles. The Kier molecular flexibility index (Phi) is 4.78. The average Bonchev–Trinajstić information content (AvgIpc) is 3.21. The van der Waals surface area contributed by atoms with Gasteiger partial charge in [0.2, 0.25) is 5.95 Å². The Morgan fingerprint density at radius 2 is 2.03 bits per heavy atom. The van der Waals surface area contributed by atoms with E-state index in [1.807, 2.05) is 30.3 Å². The minimum atomic E-state index is -0.733. The number of carbonyl (C=O) groups is 1. The van der Waals surface area contributed by atoms with E-state index in [4.69, 9.17) is 4.74 Å². The van der Waals surface area contributed by atoms with Crippen LogP contribution in [-0.4, -0.2) is 32.3 Å². The highest BCUT2D eigenvalue weighted by Crippen LogP contribution is 2.39. The molecule has 1 unspecified atom stereocenters. The van der Waals surface area contributed by atoms with Crippen LogP contribution in [0, 0.1) is 10.1 Å². The van der Waals surface area contributed by atoms with Crippen molar-refractivity contribution in [2.24, 2.45) is 0 Å². The lowest BCUT2D eigenvalue weighted by Gasteiger charge is -2.29. The largest absolute Gasteiger partial charge is 0.463 e. The van der Waals surface area contributed by atoms with Gasteiger partial charge in [-0.15, -0.1) is 0 Å². The van der Waals surface area contributed by atoms with Gasteiger partial charge in [-0.3, -0.25) is 10.1 Å². The van der Waals surface area contributed by atoms with Crippen molar-refractivity contribution in [1.82, 2.24) is 14.8 Å². The standard InChI is InChI=1S/C20H17N5O4/c1-2-29-19(26)16-17(13-7-4-3-5-8-13)23-20-21-12-22-24(20)18(16)14-9-6-10-15(11-14)25(27)28/h3-12,18H,2H2,1H3,(H,21,22,23). The van der Waals surface area contributed by atoms with E-state index in [0.717, 1.165) is 5.56 Å². The number of hydrogen-bond donors (Lipinski definition) is 1. The normalized spacial score (nSPS) is 15.4. The summed E-state index contributed by atoms with van der Waals surface area (Å²) in [5, 5.41) is 18.7. The van der Waals surface area contributed by atoms with Gasteiger partial charge in [-0.2, -0.15) is 10.1 Å². The first kappa shape index (κ1) is 18.4. The van der Waals surface area contributed by atoms with Gasteiger partial charge in [-0.1, -0.05) is 42.5 Å². The van der Waals surface area contributed by atoms with Crippen molar-refractivity contribution in [2.45, 2.75) is 13.0 Å². The zero-order valence-electron chi connectivity index (χ0n) is 15.5. The van der Waals surface area contributed by atoms with Crippen LogP contribution in [0.3, 0.4) is 0 Å². The number of nitro benzene ring substituents is 1. The van der Waals surface area contributed by atoms with Crippen molar-refractivity contribution < 1.29 is 14.5 Å². The molecular weight excluding hydrogens is 374 g/mol. The maximum atomic E-state index is 13.0. The molecule has 1 atom stereocenters. The Bertz CT molecular complexity index is 1110. The number of nitrogens with zero attached hydrogens (tertiary/aromatic N) is 4. The van der Waals surface area contributed by atoms with Gasteiger partial charge in [-0.25, -0.2) is 9.48 Å². The van der Waals surface area contributed by atoms with E-state index in [0.29, 0.717) is 22.8 Å². The van der Waals surface area contributed by atoms with Crippen molar-refractivity contribution in [2.75, 3.05) is 11.9 Å². The Morgan fingerprint density at radius 1 is 1.24 bits per heavy atom. The fraction of sp³-hybridized carbons (Fsp3) is 0.150. The highest BCUT2D eigenvalue weighted by Gasteiger charge is 2.36. The lowest BCUT2D eigenvalue weighted by atomic mass is 9.92. The summed E-state index contributed by atoms with van der Waals surface area (Å²) >= 11 is 0. The van der Waals surface area contributed by atoms with Crippen LogP contribution in [0.4, 0.5) is 11.6 Å². The fourth-order valence-electron chi connectivity index (χ4n) is 3.34. The number of hydrogen-bond acceptors (Lipinski definition) is 7. The van der Waals surface area contributed by atoms with Gasteiger partial charge in [0.1, 0.15) is 12.4 Å². The number of esters is 1. The number of anilines is 1. The predicted molar refractivity (Wildman–Crippen MR) is 105 cm³/mol. The SMILES string of the molecule is CCOC(=O)C1=C(c2ccccc2)Nc2ncnn2C1c1cccc([N+](=O)[O-])c1. The number of fused-ring (bicyclic) bond motifs is 1.